The lowest BCUT2D eigenvalue weighted by Gasteiger charge is -2.31. The van der Waals surface area contributed by atoms with Crippen LogP contribution in [0.3, 0.4) is 0 Å². The molecule has 1 N–H and O–H groups in total. The van der Waals surface area contributed by atoms with Crippen LogP contribution in [0.5, 0.6) is 0 Å². The number of rotatable bonds is 44. The topological polar surface area (TPSA) is 99.1 Å². The normalized spacial score (nSPS) is 13.6. The average Bonchev–Trinajstić information content (AvgIpc) is 3.24. The van der Waals surface area contributed by atoms with Gasteiger partial charge in [-0.2, -0.15) is 0 Å². The van der Waals surface area contributed by atoms with Gasteiger partial charge in [0.1, 0.15) is 6.61 Å². The van der Waals surface area contributed by atoms with Crippen molar-refractivity contribution in [3.63, 3.8) is 0 Å². The first-order valence-corrected chi connectivity index (χ1v) is 25.1. The van der Waals surface area contributed by atoms with Gasteiger partial charge in [-0.05, 0) is 89.9 Å². The number of quaternary nitrogens is 1. The predicted octanol–water partition coefficient (Wildman–Crippen LogP) is 14.5. The maximum atomic E-state index is 12.8. The summed E-state index contributed by atoms with van der Waals surface area (Å²) in [6.45, 7) is 4.57. The van der Waals surface area contributed by atoms with Crippen LogP contribution in [-0.4, -0.2) is 80.6 Å². The molecule has 0 bridgehead atoms. The van der Waals surface area contributed by atoms with Crippen LogP contribution in [0.15, 0.2) is 85.1 Å². The smallest absolute Gasteiger partial charge is 0.362 e. The summed E-state index contributed by atoms with van der Waals surface area (Å²) >= 11 is 0. The van der Waals surface area contributed by atoms with E-state index in [1.165, 1.54) is 64.2 Å². The molecule has 0 spiro atoms. The molecule has 8 nitrogen and oxygen atoms in total. The summed E-state index contributed by atoms with van der Waals surface area (Å²) in [7, 11) is 5.52. The van der Waals surface area contributed by atoms with E-state index >= 15 is 0 Å². The highest BCUT2D eigenvalue weighted by Gasteiger charge is 2.31. The minimum atomic E-state index is -0.881. The second-order valence-electron chi connectivity index (χ2n) is 17.7. The zero-order valence-electron chi connectivity index (χ0n) is 41.0. The van der Waals surface area contributed by atoms with Gasteiger partial charge < -0.3 is 23.8 Å². The standard InChI is InChI=1S/C55H93NO7/c1-6-8-10-12-14-16-18-20-22-24-25-26-27-28-30-32-34-36-38-40-42-44-46-54(58)63-51(49-61-48-47-52(55(59)60)56(3,4)5)50-62-53(57)45-43-41-39-37-35-33-31-29-23-21-19-17-15-13-11-9-7-2/h8,10,14-17,20-23,25-26,28,30,51-52H,6-7,9,11-13,18-19,24,27,29,31-50H2,1-5H3/p+1/b10-8+,16-14+,17-15+,22-20+,23-21+,26-25+,30-28+. The van der Waals surface area contributed by atoms with Crippen molar-refractivity contribution >= 4 is 17.9 Å². The highest BCUT2D eigenvalue weighted by Crippen LogP contribution is 2.14. The number of nitrogens with zero attached hydrogens (tertiary/aromatic N) is 1. The first-order valence-electron chi connectivity index (χ1n) is 25.1. The Morgan fingerprint density at radius 2 is 0.889 bits per heavy atom. The number of unbranched alkanes of at least 4 members (excludes halogenated alkanes) is 16. The van der Waals surface area contributed by atoms with Crippen LogP contribution < -0.4 is 0 Å². The Labute approximate surface area is 386 Å². The molecule has 0 saturated carbocycles. The van der Waals surface area contributed by atoms with Crippen LogP contribution in [0, 0.1) is 0 Å². The molecule has 0 radical (unpaired) electrons. The number of carbonyl (C=O) groups excluding carboxylic acids is 2. The Hall–Kier alpha value is -3.49. The summed E-state index contributed by atoms with van der Waals surface area (Å²) < 4.78 is 17.3. The number of carboxylic acid groups (broad SMARTS) is 1. The van der Waals surface area contributed by atoms with Crippen LogP contribution in [0.2, 0.25) is 0 Å². The van der Waals surface area contributed by atoms with Crippen LogP contribution >= 0.6 is 0 Å². The third-order valence-electron chi connectivity index (χ3n) is 10.8. The average molecular weight is 881 g/mol. The molecule has 360 valence electrons. The van der Waals surface area contributed by atoms with Crippen molar-refractivity contribution in [1.29, 1.82) is 0 Å². The maximum Gasteiger partial charge on any atom is 0.362 e. The van der Waals surface area contributed by atoms with E-state index in [1.54, 1.807) is 0 Å². The van der Waals surface area contributed by atoms with Gasteiger partial charge in [-0.3, -0.25) is 9.59 Å². The number of hydrogen-bond donors (Lipinski definition) is 1. The number of carbonyl (C=O) groups is 3. The van der Waals surface area contributed by atoms with E-state index in [-0.39, 0.29) is 36.2 Å². The fraction of sp³-hybridized carbons (Fsp3) is 0.691. The van der Waals surface area contributed by atoms with Gasteiger partial charge in [0.2, 0.25) is 0 Å². The van der Waals surface area contributed by atoms with E-state index in [4.69, 9.17) is 14.2 Å². The number of allylic oxidation sites excluding steroid dienone is 14. The maximum absolute atomic E-state index is 12.8. The van der Waals surface area contributed by atoms with E-state index in [1.807, 2.05) is 21.1 Å². The number of likely N-dealkylation sites (N-methyl/N-ethyl adjacent to an activating group) is 1. The van der Waals surface area contributed by atoms with Crippen LogP contribution in [0.25, 0.3) is 0 Å². The molecule has 0 aromatic rings. The molecule has 0 saturated heterocycles. The third-order valence-corrected chi connectivity index (χ3v) is 10.8. The van der Waals surface area contributed by atoms with E-state index in [9.17, 15) is 19.5 Å². The number of ether oxygens (including phenoxy) is 3. The van der Waals surface area contributed by atoms with Crippen molar-refractivity contribution in [2.24, 2.45) is 0 Å². The molecule has 8 heteroatoms. The van der Waals surface area contributed by atoms with Gasteiger partial charge >= 0.3 is 17.9 Å². The van der Waals surface area contributed by atoms with Crippen LogP contribution in [0.4, 0.5) is 0 Å². The second-order valence-corrected chi connectivity index (χ2v) is 17.7. The van der Waals surface area contributed by atoms with Crippen LogP contribution in [0.1, 0.15) is 194 Å². The molecule has 0 amide bonds. The Kier molecular flexibility index (Phi) is 42.6. The van der Waals surface area contributed by atoms with Crippen molar-refractivity contribution in [1.82, 2.24) is 0 Å². The summed E-state index contributed by atoms with van der Waals surface area (Å²) in [5.74, 6) is -1.50. The number of hydrogen-bond acceptors (Lipinski definition) is 6. The summed E-state index contributed by atoms with van der Waals surface area (Å²) in [5.41, 5.74) is 0. The zero-order chi connectivity index (χ0) is 46.3. The lowest BCUT2D eigenvalue weighted by atomic mass is 10.1. The molecule has 0 aliphatic rings. The predicted molar refractivity (Wildman–Crippen MR) is 266 cm³/mol. The van der Waals surface area contributed by atoms with Gasteiger partial charge in [0.15, 0.2) is 12.1 Å². The molecule has 2 unspecified atom stereocenters. The summed E-state index contributed by atoms with van der Waals surface area (Å²) in [4.78, 5) is 37.1. The quantitative estimate of drug-likeness (QED) is 0.0282. The number of aliphatic carboxylic acids is 1. The molecule has 0 aliphatic carbocycles. The fourth-order valence-electron chi connectivity index (χ4n) is 6.91. The van der Waals surface area contributed by atoms with E-state index in [2.05, 4.69) is 98.9 Å². The minimum absolute atomic E-state index is 0.0480. The van der Waals surface area contributed by atoms with Crippen molar-refractivity contribution in [3.8, 4) is 0 Å². The van der Waals surface area contributed by atoms with Crippen molar-refractivity contribution < 1.29 is 38.2 Å². The molecule has 0 aliphatic heterocycles. The lowest BCUT2D eigenvalue weighted by molar-refractivity contribution is -0.887. The lowest BCUT2D eigenvalue weighted by Crippen LogP contribution is -2.50. The van der Waals surface area contributed by atoms with Gasteiger partial charge in [0, 0.05) is 19.3 Å². The monoisotopic (exact) mass is 881 g/mol. The van der Waals surface area contributed by atoms with Gasteiger partial charge in [0.25, 0.3) is 0 Å². The van der Waals surface area contributed by atoms with Gasteiger partial charge in [-0.1, -0.05) is 170 Å². The molecule has 63 heavy (non-hydrogen) atoms. The van der Waals surface area contributed by atoms with Crippen molar-refractivity contribution in [2.75, 3.05) is 41.0 Å². The molecule has 0 heterocycles. The van der Waals surface area contributed by atoms with Gasteiger partial charge in [-0.15, -0.1) is 0 Å². The summed E-state index contributed by atoms with van der Waals surface area (Å²) in [6.07, 6.45) is 59.1. The minimum Gasteiger partial charge on any atom is -0.477 e. The van der Waals surface area contributed by atoms with E-state index in [0.717, 1.165) is 96.3 Å². The number of esters is 2. The van der Waals surface area contributed by atoms with Gasteiger partial charge in [-0.25, -0.2) is 4.79 Å². The Morgan fingerprint density at radius 1 is 0.492 bits per heavy atom. The molecule has 2 atom stereocenters. The molecule has 0 fully saturated rings. The second kappa shape index (κ2) is 45.1. The van der Waals surface area contributed by atoms with Gasteiger partial charge in [0.05, 0.1) is 34.4 Å². The Bertz CT molecular complexity index is 1300. The molecular weight excluding hydrogens is 787 g/mol. The largest absolute Gasteiger partial charge is 0.477 e. The highest BCUT2D eigenvalue weighted by atomic mass is 16.6. The van der Waals surface area contributed by atoms with E-state index < -0.39 is 18.1 Å². The fourth-order valence-corrected chi connectivity index (χ4v) is 6.91. The molecular formula is C55H94NO7+. The summed E-state index contributed by atoms with van der Waals surface area (Å²) in [5, 5.41) is 9.65. The Morgan fingerprint density at radius 3 is 1.32 bits per heavy atom. The summed E-state index contributed by atoms with van der Waals surface area (Å²) in [6, 6.07) is -0.624. The van der Waals surface area contributed by atoms with Crippen molar-refractivity contribution in [3.05, 3.63) is 85.1 Å². The molecule has 0 rings (SSSR count). The third kappa shape index (κ3) is 43.5. The first kappa shape index (κ1) is 59.5. The molecule has 0 aromatic heterocycles. The first-order chi connectivity index (χ1) is 30.6. The van der Waals surface area contributed by atoms with Crippen LogP contribution in [-0.2, 0) is 28.6 Å². The SMILES string of the molecule is CC/C=C/C/C=C/C/C=C/C/C=C/C/C=C/CCCCCCCCC(=O)OC(COCCC(C(=O)O)[N+](C)(C)C)COC(=O)CCCCCCCCC/C=C/C/C=C/CCCCC. The van der Waals surface area contributed by atoms with Crippen molar-refractivity contribution in [2.45, 2.75) is 206 Å². The zero-order valence-corrected chi connectivity index (χ0v) is 41.0. The Balaban J connectivity index is 4.33. The molecule has 0 aromatic carbocycles. The van der Waals surface area contributed by atoms with E-state index in [0.29, 0.717) is 19.3 Å². The highest BCUT2D eigenvalue weighted by molar-refractivity contribution is 5.72. The number of carboxylic acids is 1.